The molecule has 0 radical (unpaired) electrons. The molecule has 1 amide bonds. The maximum absolute atomic E-state index is 12.8. The van der Waals surface area contributed by atoms with Crippen molar-refractivity contribution in [3.05, 3.63) is 42.1 Å². The first-order valence-corrected chi connectivity index (χ1v) is 8.94. The van der Waals surface area contributed by atoms with Crippen molar-refractivity contribution in [2.24, 2.45) is 5.41 Å². The molecule has 0 aliphatic carbocycles. The first-order valence-electron chi connectivity index (χ1n) is 8.94. The number of likely N-dealkylation sites (tertiary alicyclic amines) is 1. The Labute approximate surface area is 147 Å². The minimum absolute atomic E-state index is 0.0838. The monoisotopic (exact) mass is 340 g/mol. The molecule has 4 rings (SSSR count). The van der Waals surface area contributed by atoms with Crippen LogP contribution >= 0.6 is 0 Å². The molecule has 1 atom stereocenters. The van der Waals surface area contributed by atoms with Crippen molar-refractivity contribution in [3.8, 4) is 0 Å². The fourth-order valence-corrected chi connectivity index (χ4v) is 4.09. The minimum Gasteiger partial charge on any atom is -0.382 e. The van der Waals surface area contributed by atoms with E-state index >= 15 is 0 Å². The maximum atomic E-state index is 12.8. The van der Waals surface area contributed by atoms with Crippen LogP contribution in [0.1, 0.15) is 29.6 Å². The molecule has 0 bridgehead atoms. The van der Waals surface area contributed by atoms with Crippen molar-refractivity contribution in [1.29, 1.82) is 0 Å². The summed E-state index contributed by atoms with van der Waals surface area (Å²) in [5, 5.41) is 1.01. The molecule has 5 nitrogen and oxygen atoms in total. The number of piperidine rings is 1. The third kappa shape index (κ3) is 3.26. The second-order valence-electron chi connectivity index (χ2n) is 7.30. The van der Waals surface area contributed by atoms with E-state index in [0.717, 1.165) is 49.9 Å². The first kappa shape index (κ1) is 16.5. The van der Waals surface area contributed by atoms with Crippen molar-refractivity contribution < 1.29 is 14.3 Å². The Morgan fingerprint density at radius 3 is 2.96 bits per heavy atom. The number of benzene rings is 1. The molecular formula is C20H24N2O3. The number of para-hydroxylation sites is 1. The van der Waals surface area contributed by atoms with E-state index in [1.807, 2.05) is 35.2 Å². The average Bonchev–Trinajstić information content (AvgIpc) is 3.04. The number of ether oxygens (including phenoxy) is 2. The van der Waals surface area contributed by atoms with E-state index in [4.69, 9.17) is 9.47 Å². The van der Waals surface area contributed by atoms with Gasteiger partial charge in [0.05, 0.1) is 30.4 Å². The Hall–Kier alpha value is -1.98. The van der Waals surface area contributed by atoms with Gasteiger partial charge >= 0.3 is 0 Å². The molecule has 3 heterocycles. The number of fused-ring (bicyclic) bond motifs is 1. The largest absolute Gasteiger partial charge is 0.382 e. The van der Waals surface area contributed by atoms with Gasteiger partial charge in [0.25, 0.3) is 5.91 Å². The highest BCUT2D eigenvalue weighted by atomic mass is 16.5. The van der Waals surface area contributed by atoms with E-state index in [2.05, 4.69) is 4.98 Å². The number of rotatable bonds is 3. The number of methoxy groups -OCH3 is 1. The summed E-state index contributed by atoms with van der Waals surface area (Å²) in [6, 6.07) is 9.84. The Bertz CT molecular complexity index is 768. The van der Waals surface area contributed by atoms with Crippen LogP contribution in [0.5, 0.6) is 0 Å². The molecule has 25 heavy (non-hydrogen) atoms. The summed E-state index contributed by atoms with van der Waals surface area (Å²) >= 11 is 0. The third-order valence-electron chi connectivity index (χ3n) is 5.59. The summed E-state index contributed by atoms with van der Waals surface area (Å²) in [6.45, 7) is 3.02. The normalized spacial score (nSPS) is 22.6. The fourth-order valence-electron chi connectivity index (χ4n) is 4.09. The van der Waals surface area contributed by atoms with Crippen LogP contribution < -0.4 is 0 Å². The molecule has 2 aromatic rings. The molecule has 1 aromatic heterocycles. The van der Waals surface area contributed by atoms with Gasteiger partial charge in [0.2, 0.25) is 0 Å². The molecule has 1 aromatic carbocycles. The van der Waals surface area contributed by atoms with E-state index in [9.17, 15) is 4.79 Å². The Morgan fingerprint density at radius 2 is 2.16 bits per heavy atom. The van der Waals surface area contributed by atoms with Crippen LogP contribution in [0.25, 0.3) is 10.9 Å². The summed E-state index contributed by atoms with van der Waals surface area (Å²) < 4.78 is 11.1. The molecule has 2 fully saturated rings. The number of carbonyl (C=O) groups is 1. The number of nitrogens with zero attached hydrogens (tertiary/aromatic N) is 2. The summed E-state index contributed by atoms with van der Waals surface area (Å²) in [4.78, 5) is 19.2. The lowest BCUT2D eigenvalue weighted by molar-refractivity contribution is 0.0281. The fraction of sp³-hybridized carbons (Fsp3) is 0.500. The van der Waals surface area contributed by atoms with E-state index < -0.39 is 0 Å². The Balaban J connectivity index is 1.42. The number of aromatic nitrogens is 1. The number of hydrogen-bond acceptors (Lipinski definition) is 4. The van der Waals surface area contributed by atoms with Gasteiger partial charge in [-0.1, -0.05) is 18.2 Å². The molecule has 2 aliphatic heterocycles. The molecule has 5 heteroatoms. The smallest absolute Gasteiger partial charge is 0.255 e. The van der Waals surface area contributed by atoms with Crippen LogP contribution in [0, 0.1) is 5.41 Å². The predicted octanol–water partition coefficient (Wildman–Crippen LogP) is 2.89. The van der Waals surface area contributed by atoms with Crippen LogP contribution in [0.2, 0.25) is 0 Å². The van der Waals surface area contributed by atoms with Gasteiger partial charge in [-0.2, -0.15) is 0 Å². The molecular weight excluding hydrogens is 316 g/mol. The van der Waals surface area contributed by atoms with Crippen molar-refractivity contribution in [2.45, 2.75) is 25.4 Å². The van der Waals surface area contributed by atoms with Gasteiger partial charge in [0, 0.05) is 31.8 Å². The van der Waals surface area contributed by atoms with Crippen LogP contribution in [0.15, 0.2) is 36.5 Å². The summed E-state index contributed by atoms with van der Waals surface area (Å²) in [6.07, 6.45) is 4.94. The minimum atomic E-state index is 0.0838. The highest BCUT2D eigenvalue weighted by Gasteiger charge is 2.43. The molecule has 132 valence electrons. The standard InChI is InChI=1S/C20H24N2O3/c1-24-13-17-11-20(14-25-17)6-8-22(9-7-20)19(23)16-10-15-4-2-3-5-18(15)21-12-16/h2-5,10,12,17H,6-9,11,13-14H2,1H3/t17-/m1/s1. The third-order valence-corrected chi connectivity index (χ3v) is 5.59. The van der Waals surface area contributed by atoms with Crippen molar-refractivity contribution in [1.82, 2.24) is 9.88 Å². The summed E-state index contributed by atoms with van der Waals surface area (Å²) in [5.74, 6) is 0.0838. The van der Waals surface area contributed by atoms with Crippen molar-refractivity contribution in [2.75, 3.05) is 33.4 Å². The maximum Gasteiger partial charge on any atom is 0.255 e. The Morgan fingerprint density at radius 1 is 1.36 bits per heavy atom. The van der Waals surface area contributed by atoms with E-state index in [1.54, 1.807) is 13.3 Å². The van der Waals surface area contributed by atoms with Crippen LogP contribution in [0.4, 0.5) is 0 Å². The van der Waals surface area contributed by atoms with E-state index in [1.165, 1.54) is 0 Å². The molecule has 1 spiro atoms. The number of amides is 1. The highest BCUT2D eigenvalue weighted by molar-refractivity contribution is 5.97. The second kappa shape index (κ2) is 6.73. The summed E-state index contributed by atoms with van der Waals surface area (Å²) in [7, 11) is 1.72. The quantitative estimate of drug-likeness (QED) is 0.862. The number of hydrogen-bond donors (Lipinski definition) is 0. The molecule has 2 aliphatic rings. The second-order valence-corrected chi connectivity index (χ2v) is 7.30. The van der Waals surface area contributed by atoms with Gasteiger partial charge in [-0.3, -0.25) is 9.78 Å². The van der Waals surface area contributed by atoms with E-state index in [-0.39, 0.29) is 17.4 Å². The van der Waals surface area contributed by atoms with Crippen LogP contribution in [-0.2, 0) is 9.47 Å². The van der Waals surface area contributed by atoms with Gasteiger partial charge in [0.1, 0.15) is 0 Å². The zero-order valence-corrected chi connectivity index (χ0v) is 14.6. The van der Waals surface area contributed by atoms with Gasteiger partial charge in [-0.05, 0) is 36.8 Å². The predicted molar refractivity (Wildman–Crippen MR) is 95.5 cm³/mol. The summed E-state index contributed by atoms with van der Waals surface area (Å²) in [5.41, 5.74) is 1.82. The lowest BCUT2D eigenvalue weighted by atomic mass is 9.76. The zero-order chi connectivity index (χ0) is 17.3. The number of carbonyl (C=O) groups excluding carboxylic acids is 1. The average molecular weight is 340 g/mol. The molecule has 2 saturated heterocycles. The lowest BCUT2D eigenvalue weighted by Gasteiger charge is -2.38. The molecule has 0 saturated carbocycles. The SMILES string of the molecule is COC[C@H]1CC2(CCN(C(=O)c3cnc4ccccc4c3)CC2)CO1. The Kier molecular flexibility index (Phi) is 4.44. The zero-order valence-electron chi connectivity index (χ0n) is 14.6. The highest BCUT2D eigenvalue weighted by Crippen LogP contribution is 2.42. The van der Waals surface area contributed by atoms with Crippen LogP contribution in [-0.4, -0.2) is 55.3 Å². The van der Waals surface area contributed by atoms with Gasteiger partial charge in [-0.25, -0.2) is 0 Å². The molecule has 0 N–H and O–H groups in total. The van der Waals surface area contributed by atoms with Gasteiger partial charge in [0.15, 0.2) is 0 Å². The van der Waals surface area contributed by atoms with Crippen molar-refractivity contribution >= 4 is 16.8 Å². The van der Waals surface area contributed by atoms with Crippen molar-refractivity contribution in [3.63, 3.8) is 0 Å². The first-order chi connectivity index (χ1) is 12.2. The van der Waals surface area contributed by atoms with Crippen LogP contribution in [0.3, 0.4) is 0 Å². The van der Waals surface area contributed by atoms with Gasteiger partial charge < -0.3 is 14.4 Å². The molecule has 0 unspecified atom stereocenters. The number of pyridine rings is 1. The topological polar surface area (TPSA) is 51.7 Å². The lowest BCUT2D eigenvalue weighted by Crippen LogP contribution is -2.43. The van der Waals surface area contributed by atoms with E-state index in [0.29, 0.717) is 12.2 Å². The van der Waals surface area contributed by atoms with Gasteiger partial charge in [-0.15, -0.1) is 0 Å².